The van der Waals surface area contributed by atoms with Crippen LogP contribution in [0.4, 0.5) is 8.78 Å². The summed E-state index contributed by atoms with van der Waals surface area (Å²) >= 11 is 0. The number of nitrogens with zero attached hydrogens (tertiary/aromatic N) is 2. The summed E-state index contributed by atoms with van der Waals surface area (Å²) < 4.78 is 25.5. The minimum Gasteiger partial charge on any atom is -0.431 e. The van der Waals surface area contributed by atoms with Crippen LogP contribution in [-0.2, 0) is 4.79 Å². The van der Waals surface area contributed by atoms with Gasteiger partial charge in [0.25, 0.3) is 0 Å². The van der Waals surface area contributed by atoms with Gasteiger partial charge in [0.05, 0.1) is 0 Å². The Morgan fingerprint density at radius 1 is 1.45 bits per heavy atom. The molecule has 1 amide bonds. The van der Waals surface area contributed by atoms with Gasteiger partial charge in [-0.3, -0.25) is 10.2 Å². The molecule has 3 rings (SSSR count). The minimum atomic E-state index is -2.27. The Morgan fingerprint density at radius 2 is 2.18 bits per heavy atom. The Balaban J connectivity index is 0.00000176. The molecule has 1 aliphatic carbocycles. The number of carbonyl (C=O) groups excluding carboxylic acids is 1. The molecule has 2 aliphatic heterocycles. The van der Waals surface area contributed by atoms with Gasteiger partial charge in [-0.1, -0.05) is 6.92 Å². The third-order valence-electron chi connectivity index (χ3n) is 4.31. The average molecular weight is 533 g/mol. The SMILES string of the molecule is CC1=NNC(=C2C=N[C-](C)NC2=O)C[C@H]1C1CC1C(F)F.[U]. The fourth-order valence-electron chi connectivity index (χ4n) is 2.97. The molecule has 2 unspecified atom stereocenters. The van der Waals surface area contributed by atoms with Crippen LogP contribution in [-0.4, -0.2) is 24.3 Å². The van der Waals surface area contributed by atoms with Crippen molar-refractivity contribution in [1.29, 1.82) is 0 Å². The van der Waals surface area contributed by atoms with E-state index in [-0.39, 0.29) is 48.9 Å². The third-order valence-corrected chi connectivity index (χ3v) is 4.31. The Bertz CT molecular complexity index is 561. The fraction of sp³-hybridized carbons (Fsp3) is 0.571. The second-order valence-corrected chi connectivity index (χ2v) is 5.76. The molecule has 22 heavy (non-hydrogen) atoms. The van der Waals surface area contributed by atoms with Crippen LogP contribution < -0.4 is 10.7 Å². The molecular weight excluding hydrogens is 516 g/mol. The van der Waals surface area contributed by atoms with Gasteiger partial charge in [0.1, 0.15) is 0 Å². The van der Waals surface area contributed by atoms with Gasteiger partial charge in [-0.2, -0.15) is 5.10 Å². The standard InChI is InChI=1S/C14H17F2N4O.U/c1-6-8(9-3-10(9)13(15)16)4-12(20-19-6)11-5-17-7(2)18-14(11)21;/h5,8-10,13,20H,3-4H2,1-2H3,(H,18,21);/q-1;/t8-,9?,10?;/m1./s1. The van der Waals surface area contributed by atoms with E-state index in [1.54, 1.807) is 6.92 Å². The van der Waals surface area contributed by atoms with Crippen molar-refractivity contribution in [2.75, 3.05) is 0 Å². The van der Waals surface area contributed by atoms with Crippen LogP contribution in [0.1, 0.15) is 26.7 Å². The number of nitrogens with one attached hydrogen (secondary N) is 2. The number of alkyl halides is 2. The smallest absolute Gasteiger partial charge is 0.241 e. The summed E-state index contributed by atoms with van der Waals surface area (Å²) in [7, 11) is 0. The molecule has 118 valence electrons. The molecule has 1 fully saturated rings. The molecule has 3 aliphatic rings. The zero-order chi connectivity index (χ0) is 15.1. The van der Waals surface area contributed by atoms with Gasteiger partial charge >= 0.3 is 0 Å². The monoisotopic (exact) mass is 533 g/mol. The molecule has 0 radical (unpaired) electrons. The van der Waals surface area contributed by atoms with Crippen LogP contribution in [0.5, 0.6) is 0 Å². The predicted molar refractivity (Wildman–Crippen MR) is 74.5 cm³/mol. The minimum absolute atomic E-state index is 0. The largest absolute Gasteiger partial charge is 0.431 e. The average Bonchev–Trinajstić information content (AvgIpc) is 3.20. The molecule has 0 aromatic heterocycles. The second kappa shape index (κ2) is 6.71. The first-order valence-corrected chi connectivity index (χ1v) is 6.98. The van der Waals surface area contributed by atoms with Crippen molar-refractivity contribution in [3.8, 4) is 0 Å². The maximum absolute atomic E-state index is 12.8. The summed E-state index contributed by atoms with van der Waals surface area (Å²) in [5.41, 5.74) is 4.76. The van der Waals surface area contributed by atoms with Gasteiger partial charge in [-0.15, -0.1) is 6.21 Å². The fourth-order valence-corrected chi connectivity index (χ4v) is 2.97. The van der Waals surface area contributed by atoms with Gasteiger partial charge in [0.15, 0.2) is 0 Å². The molecule has 1 saturated carbocycles. The van der Waals surface area contributed by atoms with Crippen molar-refractivity contribution in [2.24, 2.45) is 27.8 Å². The van der Waals surface area contributed by atoms with E-state index in [4.69, 9.17) is 0 Å². The first-order chi connectivity index (χ1) is 9.97. The molecule has 0 spiro atoms. The van der Waals surface area contributed by atoms with E-state index in [1.165, 1.54) is 6.21 Å². The van der Waals surface area contributed by atoms with Crippen molar-refractivity contribution in [3.05, 3.63) is 17.4 Å². The second-order valence-electron chi connectivity index (χ2n) is 5.76. The number of amides is 1. The number of hydrogen-bond acceptors (Lipinski definition) is 4. The van der Waals surface area contributed by atoms with Crippen LogP contribution in [0.3, 0.4) is 0 Å². The van der Waals surface area contributed by atoms with Gasteiger partial charge < -0.3 is 10.3 Å². The predicted octanol–water partition coefficient (Wildman–Crippen LogP) is 1.84. The van der Waals surface area contributed by atoms with Crippen LogP contribution >= 0.6 is 0 Å². The zero-order valence-electron chi connectivity index (χ0n) is 12.4. The molecule has 0 aromatic carbocycles. The van der Waals surface area contributed by atoms with E-state index < -0.39 is 12.3 Å². The molecular formula is C14H17F2N4OU-. The Morgan fingerprint density at radius 3 is 2.77 bits per heavy atom. The summed E-state index contributed by atoms with van der Waals surface area (Å²) in [5.74, 6) is -0.835. The Hall–Kier alpha value is -0.868. The molecule has 5 nitrogen and oxygen atoms in total. The summed E-state index contributed by atoms with van der Waals surface area (Å²) in [6, 6.07) is 0. The maximum Gasteiger partial charge on any atom is 0.241 e. The van der Waals surface area contributed by atoms with Crippen LogP contribution in [0, 0.1) is 55.0 Å². The summed E-state index contributed by atoms with van der Waals surface area (Å²) in [6.07, 6.45) is 0.824. The normalized spacial score (nSPS) is 33.9. The Labute approximate surface area is 151 Å². The summed E-state index contributed by atoms with van der Waals surface area (Å²) in [5, 5.41) is 6.83. The van der Waals surface area contributed by atoms with Crippen molar-refractivity contribution < 1.29 is 44.7 Å². The number of rotatable bonds is 2. The van der Waals surface area contributed by atoms with E-state index >= 15 is 0 Å². The molecule has 2 heterocycles. The van der Waals surface area contributed by atoms with E-state index in [2.05, 4.69) is 20.8 Å². The topological polar surface area (TPSA) is 65.8 Å². The molecule has 2 N–H and O–H groups in total. The van der Waals surface area contributed by atoms with Crippen molar-refractivity contribution in [2.45, 2.75) is 33.1 Å². The molecule has 3 atom stereocenters. The van der Waals surface area contributed by atoms with E-state index in [0.717, 1.165) is 5.71 Å². The first kappa shape index (κ1) is 17.5. The zero-order valence-corrected chi connectivity index (χ0v) is 16.5. The van der Waals surface area contributed by atoms with Gasteiger partial charge in [-0.25, -0.2) is 8.78 Å². The number of hydrazone groups is 1. The summed E-state index contributed by atoms with van der Waals surface area (Å²) in [4.78, 5) is 16.0. The third kappa shape index (κ3) is 3.38. The van der Waals surface area contributed by atoms with Gasteiger partial charge in [-0.05, 0) is 37.4 Å². The van der Waals surface area contributed by atoms with Crippen molar-refractivity contribution >= 4 is 17.8 Å². The Kier molecular flexibility index (Phi) is 5.34. The molecule has 0 bridgehead atoms. The van der Waals surface area contributed by atoms with E-state index in [0.29, 0.717) is 30.3 Å². The van der Waals surface area contributed by atoms with Gasteiger partial charge in [0.2, 0.25) is 12.3 Å². The van der Waals surface area contributed by atoms with Crippen molar-refractivity contribution in [3.63, 3.8) is 0 Å². The first-order valence-electron chi connectivity index (χ1n) is 6.98. The van der Waals surface area contributed by atoms with Crippen LogP contribution in [0.2, 0.25) is 0 Å². The van der Waals surface area contributed by atoms with E-state index in [1.807, 2.05) is 6.92 Å². The van der Waals surface area contributed by atoms with Gasteiger partial charge in [0, 0.05) is 54.4 Å². The molecule has 0 saturated heterocycles. The number of allylic oxidation sites excluding steroid dienone is 1. The number of carbonyl (C=O) groups is 1. The number of halogens is 2. The van der Waals surface area contributed by atoms with Crippen LogP contribution in [0.25, 0.3) is 0 Å². The molecule has 8 heteroatoms. The van der Waals surface area contributed by atoms with E-state index in [9.17, 15) is 13.6 Å². The number of hydrogen-bond donors (Lipinski definition) is 2. The molecule has 0 aromatic rings. The van der Waals surface area contributed by atoms with Crippen molar-refractivity contribution in [1.82, 2.24) is 10.7 Å². The summed E-state index contributed by atoms with van der Waals surface area (Å²) in [6.45, 7) is 3.54. The number of aliphatic imine (C=N–C) groups is 1. The maximum atomic E-state index is 12.8. The quantitative estimate of drug-likeness (QED) is 0.421. The van der Waals surface area contributed by atoms with Crippen LogP contribution in [0.15, 0.2) is 21.4 Å².